The van der Waals surface area contributed by atoms with Crippen molar-refractivity contribution in [3.05, 3.63) is 68.5 Å². The Kier molecular flexibility index (Phi) is 5.81. The van der Waals surface area contributed by atoms with Gasteiger partial charge < -0.3 is 10.6 Å². The minimum absolute atomic E-state index is 0.253. The van der Waals surface area contributed by atoms with Gasteiger partial charge in [-0.25, -0.2) is 9.67 Å². The second-order valence-electron chi connectivity index (χ2n) is 6.07. The van der Waals surface area contributed by atoms with Crippen LogP contribution in [0.25, 0.3) is 5.82 Å². The number of anilines is 1. The van der Waals surface area contributed by atoms with Crippen molar-refractivity contribution in [3.8, 4) is 5.82 Å². The lowest BCUT2D eigenvalue weighted by molar-refractivity contribution is 0.0964. The molecule has 0 spiro atoms. The molecule has 0 atom stereocenters. The van der Waals surface area contributed by atoms with Crippen molar-refractivity contribution in [2.75, 3.05) is 12.4 Å². The van der Waals surface area contributed by atoms with Crippen LogP contribution in [0.1, 0.15) is 32.1 Å². The Hall–Kier alpha value is -2.71. The van der Waals surface area contributed by atoms with E-state index in [4.69, 9.17) is 11.6 Å². The third-order valence-corrected chi connectivity index (χ3v) is 4.77. The summed E-state index contributed by atoms with van der Waals surface area (Å²) in [5.41, 5.74) is 2.39. The largest absolute Gasteiger partial charge is 0.355 e. The Morgan fingerprint density at radius 3 is 2.61 bits per heavy atom. The molecular weight excluding hydrogens is 446 g/mol. The first kappa shape index (κ1) is 20.0. The number of nitrogens with zero attached hydrogens (tertiary/aromatic N) is 3. The third kappa shape index (κ3) is 3.93. The highest BCUT2D eigenvalue weighted by Gasteiger charge is 2.21. The van der Waals surface area contributed by atoms with E-state index >= 15 is 0 Å². The van der Waals surface area contributed by atoms with Gasteiger partial charge in [0.05, 0.1) is 22.0 Å². The fraction of sp³-hybridized carbons (Fsp3) is 0.158. The lowest BCUT2D eigenvalue weighted by Crippen LogP contribution is -2.23. The number of benzene rings is 1. The van der Waals surface area contributed by atoms with Crippen molar-refractivity contribution in [2.45, 2.75) is 13.8 Å². The van der Waals surface area contributed by atoms with Gasteiger partial charge in [0.15, 0.2) is 5.82 Å². The molecule has 0 aliphatic heterocycles. The van der Waals surface area contributed by atoms with Crippen LogP contribution >= 0.6 is 27.5 Å². The van der Waals surface area contributed by atoms with Gasteiger partial charge in [0.25, 0.3) is 11.8 Å². The van der Waals surface area contributed by atoms with Crippen molar-refractivity contribution in [1.29, 1.82) is 0 Å². The molecular formula is C19H17BrClN5O2. The van der Waals surface area contributed by atoms with Gasteiger partial charge in [-0.1, -0.05) is 27.5 Å². The van der Waals surface area contributed by atoms with Gasteiger partial charge in [0, 0.05) is 17.7 Å². The van der Waals surface area contributed by atoms with E-state index in [-0.39, 0.29) is 11.6 Å². The van der Waals surface area contributed by atoms with E-state index in [0.717, 1.165) is 10.0 Å². The van der Waals surface area contributed by atoms with Gasteiger partial charge in [-0.05, 0) is 49.7 Å². The van der Waals surface area contributed by atoms with Gasteiger partial charge in [0.2, 0.25) is 0 Å². The summed E-state index contributed by atoms with van der Waals surface area (Å²) < 4.78 is 2.13. The topological polar surface area (TPSA) is 88.9 Å². The van der Waals surface area contributed by atoms with Gasteiger partial charge >= 0.3 is 0 Å². The average molecular weight is 463 g/mol. The lowest BCUT2D eigenvalue weighted by atomic mass is 10.1. The molecule has 7 nitrogen and oxygen atoms in total. The van der Waals surface area contributed by atoms with Crippen LogP contribution in [0.2, 0.25) is 5.02 Å². The number of nitrogens with one attached hydrogen (secondary N) is 2. The summed E-state index contributed by atoms with van der Waals surface area (Å²) in [7, 11) is 1.53. The number of aromatic nitrogens is 3. The van der Waals surface area contributed by atoms with E-state index in [1.54, 1.807) is 37.4 Å². The second-order valence-corrected chi connectivity index (χ2v) is 7.39. The first-order valence-corrected chi connectivity index (χ1v) is 9.50. The molecule has 3 aromatic rings. The molecule has 0 unspecified atom stereocenters. The van der Waals surface area contributed by atoms with Crippen LogP contribution in [0.15, 0.2) is 41.0 Å². The van der Waals surface area contributed by atoms with E-state index in [9.17, 15) is 9.59 Å². The first-order valence-electron chi connectivity index (χ1n) is 8.33. The molecule has 2 amide bonds. The lowest BCUT2D eigenvalue weighted by Gasteiger charge is -2.14. The number of rotatable bonds is 4. The molecule has 2 aromatic heterocycles. The Balaban J connectivity index is 2.05. The van der Waals surface area contributed by atoms with Gasteiger partial charge in [0.1, 0.15) is 5.69 Å². The van der Waals surface area contributed by atoms with Crippen LogP contribution < -0.4 is 10.6 Å². The molecule has 0 aliphatic carbocycles. The van der Waals surface area contributed by atoms with Gasteiger partial charge in [-0.2, -0.15) is 5.10 Å². The molecule has 0 aliphatic rings. The predicted octanol–water partition coefficient (Wildman–Crippen LogP) is 3.91. The number of halogens is 2. The van der Waals surface area contributed by atoms with Crippen molar-refractivity contribution in [1.82, 2.24) is 20.1 Å². The maximum atomic E-state index is 13.0. The molecule has 0 saturated heterocycles. The van der Waals surface area contributed by atoms with E-state index in [1.165, 1.54) is 11.7 Å². The standard InChI is InChI=1S/C19H17BrClN5O2/c1-10-7-12(20)9-13(18(27)22-3)16(10)24-19(28)15-8-11(2)25-26(15)17-14(21)5-4-6-23-17/h4-9H,1-3H3,(H,22,27)(H,24,28). The molecule has 9 heteroatoms. The predicted molar refractivity (Wildman–Crippen MR) is 111 cm³/mol. The highest BCUT2D eigenvalue weighted by atomic mass is 79.9. The Bertz CT molecular complexity index is 1080. The highest BCUT2D eigenvalue weighted by molar-refractivity contribution is 9.10. The van der Waals surface area contributed by atoms with Crippen molar-refractivity contribution >= 4 is 45.0 Å². The zero-order valence-corrected chi connectivity index (χ0v) is 17.7. The number of hydrogen-bond acceptors (Lipinski definition) is 4. The number of hydrogen-bond donors (Lipinski definition) is 2. The normalized spacial score (nSPS) is 10.6. The molecule has 0 fully saturated rings. The Morgan fingerprint density at radius 2 is 1.93 bits per heavy atom. The zero-order valence-electron chi connectivity index (χ0n) is 15.4. The van der Waals surface area contributed by atoms with Crippen LogP contribution in [0.4, 0.5) is 5.69 Å². The van der Waals surface area contributed by atoms with Crippen molar-refractivity contribution < 1.29 is 9.59 Å². The maximum absolute atomic E-state index is 13.0. The maximum Gasteiger partial charge on any atom is 0.274 e. The van der Waals surface area contributed by atoms with Crippen molar-refractivity contribution in [3.63, 3.8) is 0 Å². The smallest absolute Gasteiger partial charge is 0.274 e. The summed E-state index contributed by atoms with van der Waals surface area (Å²) >= 11 is 9.60. The molecule has 2 N–H and O–H groups in total. The van der Waals surface area contributed by atoms with Gasteiger partial charge in [-0.3, -0.25) is 9.59 Å². The third-order valence-electron chi connectivity index (χ3n) is 4.01. The molecule has 144 valence electrons. The quantitative estimate of drug-likeness (QED) is 0.615. The molecule has 0 bridgehead atoms. The van der Waals surface area contributed by atoms with E-state index in [1.807, 2.05) is 13.0 Å². The SMILES string of the molecule is CNC(=O)c1cc(Br)cc(C)c1NC(=O)c1cc(C)nn1-c1ncccc1Cl. The molecule has 0 saturated carbocycles. The number of aryl methyl sites for hydroxylation is 2. The average Bonchev–Trinajstić information content (AvgIpc) is 3.05. The van der Waals surface area contributed by atoms with Crippen LogP contribution in [0, 0.1) is 13.8 Å². The summed E-state index contributed by atoms with van der Waals surface area (Å²) in [6.45, 7) is 3.58. The monoisotopic (exact) mass is 461 g/mol. The summed E-state index contributed by atoms with van der Waals surface area (Å²) in [5, 5.41) is 10.1. The summed E-state index contributed by atoms with van der Waals surface area (Å²) in [5.74, 6) is -0.392. The second kappa shape index (κ2) is 8.12. The van der Waals surface area contributed by atoms with Crippen molar-refractivity contribution in [2.24, 2.45) is 0 Å². The summed E-state index contributed by atoms with van der Waals surface area (Å²) in [4.78, 5) is 29.5. The fourth-order valence-electron chi connectivity index (χ4n) is 2.76. The van der Waals surface area contributed by atoms with Crippen LogP contribution in [-0.4, -0.2) is 33.6 Å². The van der Waals surface area contributed by atoms with Crippen LogP contribution in [0.3, 0.4) is 0 Å². The summed E-state index contributed by atoms with van der Waals surface area (Å²) in [6, 6.07) is 8.47. The number of pyridine rings is 1. The van der Waals surface area contributed by atoms with Crippen LogP contribution in [-0.2, 0) is 0 Å². The fourth-order valence-corrected chi connectivity index (χ4v) is 3.53. The number of amides is 2. The van der Waals surface area contributed by atoms with E-state index in [2.05, 4.69) is 36.6 Å². The minimum atomic E-state index is -0.433. The Morgan fingerprint density at radius 1 is 1.18 bits per heavy atom. The minimum Gasteiger partial charge on any atom is -0.355 e. The number of carbonyl (C=O) groups excluding carboxylic acids is 2. The van der Waals surface area contributed by atoms with Gasteiger partial charge in [-0.15, -0.1) is 0 Å². The number of carbonyl (C=O) groups is 2. The zero-order chi connectivity index (χ0) is 20.4. The van der Waals surface area contributed by atoms with E-state index < -0.39 is 5.91 Å². The molecule has 2 heterocycles. The molecule has 0 radical (unpaired) electrons. The Labute approximate surface area is 175 Å². The van der Waals surface area contributed by atoms with Crippen LogP contribution in [0.5, 0.6) is 0 Å². The molecule has 28 heavy (non-hydrogen) atoms. The molecule has 3 rings (SSSR count). The molecule has 1 aromatic carbocycles. The highest BCUT2D eigenvalue weighted by Crippen LogP contribution is 2.27. The summed E-state index contributed by atoms with van der Waals surface area (Å²) in [6.07, 6.45) is 1.57. The first-order chi connectivity index (χ1) is 13.3. The van der Waals surface area contributed by atoms with E-state index in [0.29, 0.717) is 27.8 Å².